The summed E-state index contributed by atoms with van der Waals surface area (Å²) in [6.07, 6.45) is 0. The number of rotatable bonds is 8. The summed E-state index contributed by atoms with van der Waals surface area (Å²) in [5, 5.41) is 15.6. The van der Waals surface area contributed by atoms with E-state index in [9.17, 15) is 4.79 Å². The van der Waals surface area contributed by atoms with Crippen molar-refractivity contribution in [1.29, 1.82) is 0 Å². The number of nitrogens with zero attached hydrogens (tertiary/aromatic N) is 2. The molecule has 0 aliphatic rings. The van der Waals surface area contributed by atoms with Crippen LogP contribution in [0.5, 0.6) is 5.19 Å². The van der Waals surface area contributed by atoms with Crippen molar-refractivity contribution in [2.45, 2.75) is 19.5 Å². The molecule has 0 fully saturated rings. The normalized spacial score (nSPS) is 11.7. The van der Waals surface area contributed by atoms with Crippen molar-refractivity contribution >= 4 is 22.9 Å². The Morgan fingerprint density at radius 3 is 2.46 bits per heavy atom. The van der Waals surface area contributed by atoms with Crippen molar-refractivity contribution in [3.8, 4) is 5.19 Å². The van der Waals surface area contributed by atoms with Gasteiger partial charge in [0.05, 0.1) is 13.2 Å². The van der Waals surface area contributed by atoms with Gasteiger partial charge in [0, 0.05) is 5.69 Å². The number of para-hydroxylation sites is 1. The molecule has 1 atom stereocenters. The van der Waals surface area contributed by atoms with Gasteiger partial charge >= 0.3 is 0 Å². The largest absolute Gasteiger partial charge is 0.469 e. The lowest BCUT2D eigenvalue weighted by Crippen LogP contribution is -2.32. The molecule has 26 heavy (non-hydrogen) atoms. The SMILES string of the molecule is CCOc1nnc(CN[C@@H](C(=O)Nc2ccccc2)c2ccccc2)s1. The smallest absolute Gasteiger partial charge is 0.294 e. The van der Waals surface area contributed by atoms with E-state index in [-0.39, 0.29) is 5.91 Å². The predicted octanol–water partition coefficient (Wildman–Crippen LogP) is 3.41. The Morgan fingerprint density at radius 1 is 1.08 bits per heavy atom. The van der Waals surface area contributed by atoms with Crippen LogP contribution in [0.1, 0.15) is 23.5 Å². The maximum atomic E-state index is 12.8. The van der Waals surface area contributed by atoms with Crippen molar-refractivity contribution < 1.29 is 9.53 Å². The summed E-state index contributed by atoms with van der Waals surface area (Å²) < 4.78 is 5.34. The molecule has 0 aliphatic carbocycles. The number of carbonyl (C=O) groups is 1. The molecule has 0 saturated carbocycles. The molecule has 1 heterocycles. The lowest BCUT2D eigenvalue weighted by atomic mass is 10.1. The van der Waals surface area contributed by atoms with Crippen molar-refractivity contribution in [2.75, 3.05) is 11.9 Å². The molecule has 0 spiro atoms. The molecule has 1 aromatic heterocycles. The molecule has 134 valence electrons. The number of amides is 1. The van der Waals surface area contributed by atoms with Crippen LogP contribution < -0.4 is 15.4 Å². The number of aromatic nitrogens is 2. The highest BCUT2D eigenvalue weighted by atomic mass is 32.1. The Kier molecular flexibility index (Phi) is 6.29. The lowest BCUT2D eigenvalue weighted by molar-refractivity contribution is -0.118. The maximum Gasteiger partial charge on any atom is 0.294 e. The van der Waals surface area contributed by atoms with Crippen molar-refractivity contribution in [1.82, 2.24) is 15.5 Å². The zero-order valence-electron chi connectivity index (χ0n) is 14.4. The zero-order valence-corrected chi connectivity index (χ0v) is 15.2. The fraction of sp³-hybridized carbons (Fsp3) is 0.211. The van der Waals surface area contributed by atoms with Crippen molar-refractivity contribution in [3.63, 3.8) is 0 Å². The van der Waals surface area contributed by atoms with Gasteiger partial charge in [0.1, 0.15) is 11.0 Å². The number of carbonyl (C=O) groups excluding carboxylic acids is 1. The Bertz CT molecular complexity index is 824. The third kappa shape index (κ3) is 4.87. The third-order valence-corrected chi connectivity index (χ3v) is 4.45. The second kappa shape index (κ2) is 9.07. The fourth-order valence-corrected chi connectivity index (χ4v) is 3.12. The Hall–Kier alpha value is -2.77. The minimum absolute atomic E-state index is 0.128. The summed E-state index contributed by atoms with van der Waals surface area (Å²) in [4.78, 5) is 12.8. The van der Waals surface area contributed by atoms with E-state index in [0.717, 1.165) is 16.3 Å². The van der Waals surface area contributed by atoms with Crippen LogP contribution in [0.4, 0.5) is 5.69 Å². The molecule has 6 nitrogen and oxygen atoms in total. The van der Waals surface area contributed by atoms with Crippen LogP contribution in [0.2, 0.25) is 0 Å². The Balaban J connectivity index is 1.71. The van der Waals surface area contributed by atoms with E-state index in [0.29, 0.717) is 18.3 Å². The van der Waals surface area contributed by atoms with Gasteiger partial charge < -0.3 is 10.1 Å². The van der Waals surface area contributed by atoms with Gasteiger partial charge in [-0.05, 0) is 24.6 Å². The number of nitrogens with one attached hydrogen (secondary N) is 2. The van der Waals surface area contributed by atoms with Crippen LogP contribution in [0.3, 0.4) is 0 Å². The molecule has 3 aromatic rings. The summed E-state index contributed by atoms with van der Waals surface area (Å²) in [6.45, 7) is 2.87. The van der Waals surface area contributed by atoms with E-state index in [1.54, 1.807) is 0 Å². The van der Waals surface area contributed by atoms with Crippen LogP contribution in [-0.4, -0.2) is 22.7 Å². The molecule has 3 rings (SSSR count). The first-order valence-corrected chi connectivity index (χ1v) is 9.17. The molecule has 2 aromatic carbocycles. The fourth-order valence-electron chi connectivity index (χ4n) is 2.42. The molecule has 0 saturated heterocycles. The topological polar surface area (TPSA) is 76.1 Å². The van der Waals surface area contributed by atoms with Gasteiger partial charge in [-0.2, -0.15) is 0 Å². The van der Waals surface area contributed by atoms with E-state index >= 15 is 0 Å². The molecule has 2 N–H and O–H groups in total. The standard InChI is InChI=1S/C19H20N4O2S/c1-2-25-19-23-22-16(26-19)13-20-17(14-9-5-3-6-10-14)18(24)21-15-11-7-4-8-12-15/h3-12,17,20H,2,13H2,1H3,(H,21,24)/t17-/m1/s1. The maximum absolute atomic E-state index is 12.8. The van der Waals surface area contributed by atoms with Crippen LogP contribution in [-0.2, 0) is 11.3 Å². The highest BCUT2D eigenvalue weighted by Crippen LogP contribution is 2.20. The van der Waals surface area contributed by atoms with Gasteiger partial charge in [0.2, 0.25) is 5.91 Å². The molecular formula is C19H20N4O2S. The van der Waals surface area contributed by atoms with E-state index in [4.69, 9.17) is 4.74 Å². The lowest BCUT2D eigenvalue weighted by Gasteiger charge is -2.18. The molecular weight excluding hydrogens is 348 g/mol. The number of hydrogen-bond donors (Lipinski definition) is 2. The van der Waals surface area contributed by atoms with Crippen LogP contribution in [0.25, 0.3) is 0 Å². The molecule has 0 aliphatic heterocycles. The van der Waals surface area contributed by atoms with Gasteiger partial charge in [-0.1, -0.05) is 59.9 Å². The van der Waals surface area contributed by atoms with Gasteiger partial charge in [-0.25, -0.2) is 0 Å². The molecule has 7 heteroatoms. The van der Waals surface area contributed by atoms with Gasteiger partial charge in [0.15, 0.2) is 0 Å². The average molecular weight is 368 g/mol. The first kappa shape index (κ1) is 18.0. The third-order valence-electron chi connectivity index (χ3n) is 3.61. The second-order valence-corrected chi connectivity index (χ2v) is 6.50. The van der Waals surface area contributed by atoms with E-state index in [1.165, 1.54) is 11.3 Å². The van der Waals surface area contributed by atoms with Crippen LogP contribution in [0.15, 0.2) is 60.7 Å². The molecule has 1 amide bonds. The molecule has 0 unspecified atom stereocenters. The number of hydrogen-bond acceptors (Lipinski definition) is 6. The summed E-state index contributed by atoms with van der Waals surface area (Å²) in [7, 11) is 0. The quantitative estimate of drug-likeness (QED) is 0.637. The monoisotopic (exact) mass is 368 g/mol. The predicted molar refractivity (Wildman–Crippen MR) is 102 cm³/mol. The number of benzene rings is 2. The van der Waals surface area contributed by atoms with E-state index in [2.05, 4.69) is 20.8 Å². The zero-order chi connectivity index (χ0) is 18.2. The number of ether oxygens (including phenoxy) is 1. The highest BCUT2D eigenvalue weighted by molar-refractivity contribution is 7.13. The molecule has 0 radical (unpaired) electrons. The first-order valence-electron chi connectivity index (χ1n) is 8.35. The highest BCUT2D eigenvalue weighted by Gasteiger charge is 2.21. The van der Waals surface area contributed by atoms with E-state index < -0.39 is 6.04 Å². The summed E-state index contributed by atoms with van der Waals surface area (Å²) in [5.41, 5.74) is 1.64. The molecule has 0 bridgehead atoms. The van der Waals surface area contributed by atoms with Crippen LogP contribution in [0, 0.1) is 0 Å². The van der Waals surface area contributed by atoms with Gasteiger partial charge in [-0.15, -0.1) is 10.2 Å². The minimum atomic E-state index is -0.504. The number of anilines is 1. The average Bonchev–Trinajstić information content (AvgIpc) is 3.11. The summed E-state index contributed by atoms with van der Waals surface area (Å²) in [5.74, 6) is -0.128. The van der Waals surface area contributed by atoms with Crippen molar-refractivity contribution in [2.24, 2.45) is 0 Å². The van der Waals surface area contributed by atoms with Crippen LogP contribution >= 0.6 is 11.3 Å². The first-order chi connectivity index (χ1) is 12.8. The second-order valence-electron chi connectivity index (χ2n) is 5.47. The summed E-state index contributed by atoms with van der Waals surface area (Å²) in [6, 6.07) is 18.5. The minimum Gasteiger partial charge on any atom is -0.469 e. The van der Waals surface area contributed by atoms with Gasteiger partial charge in [0.25, 0.3) is 5.19 Å². The van der Waals surface area contributed by atoms with Gasteiger partial charge in [-0.3, -0.25) is 10.1 Å². The van der Waals surface area contributed by atoms with Crippen molar-refractivity contribution in [3.05, 3.63) is 71.2 Å². The Morgan fingerprint density at radius 2 is 1.77 bits per heavy atom. The van der Waals surface area contributed by atoms with E-state index in [1.807, 2.05) is 67.6 Å². The Labute approximate surface area is 156 Å². The summed E-state index contributed by atoms with van der Waals surface area (Å²) >= 11 is 1.37.